The van der Waals surface area contributed by atoms with Crippen molar-refractivity contribution in [3.63, 3.8) is 0 Å². The summed E-state index contributed by atoms with van der Waals surface area (Å²) in [5.41, 5.74) is -0.167. The van der Waals surface area contributed by atoms with Crippen molar-refractivity contribution in [3.05, 3.63) is 80.7 Å². The van der Waals surface area contributed by atoms with Gasteiger partial charge in [-0.3, -0.25) is 9.36 Å². The fraction of sp³-hybridized carbons (Fsp3) is 0.111. The van der Waals surface area contributed by atoms with Gasteiger partial charge in [0.25, 0.3) is 5.91 Å². The van der Waals surface area contributed by atoms with E-state index in [0.29, 0.717) is 21.8 Å². The van der Waals surface area contributed by atoms with Crippen molar-refractivity contribution in [2.75, 3.05) is 0 Å². The lowest BCUT2D eigenvalue weighted by molar-refractivity contribution is -0.137. The van der Waals surface area contributed by atoms with Gasteiger partial charge in [-0.2, -0.15) is 13.2 Å². The van der Waals surface area contributed by atoms with Crippen molar-refractivity contribution in [3.8, 4) is 5.82 Å². The molecule has 2 heterocycles. The Morgan fingerprint density at radius 3 is 2.50 bits per heavy atom. The van der Waals surface area contributed by atoms with Gasteiger partial charge in [-0.25, -0.2) is 4.98 Å². The smallest absolute Gasteiger partial charge is 0.347 e. The molecule has 0 bridgehead atoms. The monoisotopic (exact) mass is 447 g/mol. The zero-order chi connectivity index (χ0) is 20.5. The number of halogens is 6. The number of hydrogen-bond acceptors (Lipinski definition) is 2. The molecule has 0 atom stereocenters. The van der Waals surface area contributed by atoms with Gasteiger partial charge in [0.2, 0.25) is 0 Å². The third-order valence-electron chi connectivity index (χ3n) is 3.81. The quantitative estimate of drug-likeness (QED) is 0.550. The summed E-state index contributed by atoms with van der Waals surface area (Å²) in [7, 11) is 0. The van der Waals surface area contributed by atoms with Crippen LogP contribution in [0.3, 0.4) is 0 Å². The molecule has 1 aromatic carbocycles. The molecule has 1 amide bonds. The molecule has 0 aliphatic carbocycles. The predicted octanol–water partition coefficient (Wildman–Crippen LogP) is 5.78. The topological polar surface area (TPSA) is 46.9 Å². The SMILES string of the molecule is O=C(NCc1ccc(Cl)cc1Cl)c1cccn1-c1ncc(C(F)(F)F)cc1Cl. The second kappa shape index (κ2) is 8.03. The molecule has 2 aromatic heterocycles. The van der Waals surface area contributed by atoms with E-state index >= 15 is 0 Å². The maximum atomic E-state index is 12.8. The van der Waals surface area contributed by atoms with Gasteiger partial charge in [-0.05, 0) is 35.9 Å². The molecule has 3 aromatic rings. The summed E-state index contributed by atoms with van der Waals surface area (Å²) in [6.45, 7) is 0.133. The van der Waals surface area contributed by atoms with E-state index in [1.54, 1.807) is 24.3 Å². The number of carbonyl (C=O) groups is 1. The first kappa shape index (κ1) is 20.5. The van der Waals surface area contributed by atoms with E-state index in [4.69, 9.17) is 34.8 Å². The van der Waals surface area contributed by atoms with E-state index in [9.17, 15) is 18.0 Å². The minimum atomic E-state index is -4.57. The highest BCUT2D eigenvalue weighted by molar-refractivity contribution is 6.35. The minimum absolute atomic E-state index is 0.00865. The van der Waals surface area contributed by atoms with E-state index in [1.807, 2.05) is 0 Å². The van der Waals surface area contributed by atoms with Gasteiger partial charge < -0.3 is 5.32 Å². The molecule has 10 heteroatoms. The Morgan fingerprint density at radius 1 is 1.11 bits per heavy atom. The van der Waals surface area contributed by atoms with Crippen LogP contribution < -0.4 is 5.32 Å². The standard InChI is InChI=1S/C18H11Cl3F3N3O/c19-12-4-3-10(13(20)7-12)8-26-17(28)15-2-1-5-27(15)16-14(21)6-11(9-25-16)18(22,23)24/h1-7,9H,8H2,(H,26,28). The maximum absolute atomic E-state index is 12.8. The molecule has 0 aliphatic heterocycles. The Labute approximate surface area is 172 Å². The molecular formula is C18H11Cl3F3N3O. The first-order valence-corrected chi connectivity index (χ1v) is 8.93. The van der Waals surface area contributed by atoms with Crippen molar-refractivity contribution in [2.45, 2.75) is 12.7 Å². The molecule has 146 valence electrons. The highest BCUT2D eigenvalue weighted by atomic mass is 35.5. The molecule has 0 radical (unpaired) electrons. The fourth-order valence-electron chi connectivity index (χ4n) is 2.44. The van der Waals surface area contributed by atoms with Gasteiger partial charge >= 0.3 is 6.18 Å². The summed E-state index contributed by atoms with van der Waals surface area (Å²) in [6, 6.07) is 8.69. The largest absolute Gasteiger partial charge is 0.417 e. The molecule has 1 N–H and O–H groups in total. The Bertz CT molecular complexity index is 1030. The molecule has 0 spiro atoms. The van der Waals surface area contributed by atoms with E-state index in [-0.39, 0.29) is 23.1 Å². The van der Waals surface area contributed by atoms with Crippen LogP contribution in [0.2, 0.25) is 15.1 Å². The first-order valence-electron chi connectivity index (χ1n) is 7.79. The van der Waals surface area contributed by atoms with Crippen LogP contribution in [0.1, 0.15) is 21.6 Å². The van der Waals surface area contributed by atoms with Crippen LogP contribution in [0.4, 0.5) is 13.2 Å². The van der Waals surface area contributed by atoms with Crippen molar-refractivity contribution >= 4 is 40.7 Å². The van der Waals surface area contributed by atoms with Gasteiger partial charge in [0, 0.05) is 29.0 Å². The van der Waals surface area contributed by atoms with E-state index in [0.717, 1.165) is 6.07 Å². The second-order valence-corrected chi connectivity index (χ2v) is 6.96. The number of rotatable bonds is 4. The van der Waals surface area contributed by atoms with Crippen LogP contribution in [0.25, 0.3) is 5.82 Å². The van der Waals surface area contributed by atoms with Gasteiger partial charge in [0.15, 0.2) is 5.82 Å². The number of carbonyl (C=O) groups excluding carboxylic acids is 1. The molecule has 4 nitrogen and oxygen atoms in total. The summed E-state index contributed by atoms with van der Waals surface area (Å²) < 4.78 is 39.6. The number of aromatic nitrogens is 2. The Kier molecular flexibility index (Phi) is 5.88. The average molecular weight is 449 g/mol. The fourth-order valence-corrected chi connectivity index (χ4v) is 3.18. The Hall–Kier alpha value is -2.22. The third-order valence-corrected chi connectivity index (χ3v) is 4.68. The van der Waals surface area contributed by atoms with Crippen molar-refractivity contribution < 1.29 is 18.0 Å². The van der Waals surface area contributed by atoms with E-state index in [1.165, 1.54) is 16.8 Å². The normalized spacial score (nSPS) is 11.5. The van der Waals surface area contributed by atoms with Crippen molar-refractivity contribution in [1.82, 2.24) is 14.9 Å². The molecule has 3 rings (SSSR count). The lowest BCUT2D eigenvalue weighted by Crippen LogP contribution is -2.25. The number of nitrogens with zero attached hydrogens (tertiary/aromatic N) is 2. The number of benzene rings is 1. The maximum Gasteiger partial charge on any atom is 0.417 e. The summed E-state index contributed by atoms with van der Waals surface area (Å²) in [6.07, 6.45) is -2.42. The van der Waals surface area contributed by atoms with Crippen LogP contribution in [-0.4, -0.2) is 15.5 Å². The number of amides is 1. The van der Waals surface area contributed by atoms with Crippen LogP contribution in [0.5, 0.6) is 0 Å². The zero-order valence-electron chi connectivity index (χ0n) is 13.9. The van der Waals surface area contributed by atoms with Crippen LogP contribution in [0.15, 0.2) is 48.8 Å². The summed E-state index contributed by atoms with van der Waals surface area (Å²) >= 11 is 17.9. The highest BCUT2D eigenvalue weighted by Gasteiger charge is 2.32. The number of nitrogens with one attached hydrogen (secondary N) is 1. The molecular weight excluding hydrogens is 438 g/mol. The molecule has 0 saturated carbocycles. The average Bonchev–Trinajstić information content (AvgIpc) is 3.09. The second-order valence-electron chi connectivity index (χ2n) is 5.71. The first-order chi connectivity index (χ1) is 13.2. The van der Waals surface area contributed by atoms with Crippen molar-refractivity contribution in [2.24, 2.45) is 0 Å². The van der Waals surface area contributed by atoms with E-state index < -0.39 is 17.6 Å². The highest BCUT2D eigenvalue weighted by Crippen LogP contribution is 2.32. The predicted molar refractivity (Wildman–Crippen MR) is 101 cm³/mol. The molecule has 0 saturated heterocycles. The van der Waals surface area contributed by atoms with Gasteiger partial charge in [-0.1, -0.05) is 40.9 Å². The number of alkyl halides is 3. The summed E-state index contributed by atoms with van der Waals surface area (Å²) in [5, 5.41) is 3.32. The van der Waals surface area contributed by atoms with Crippen LogP contribution >= 0.6 is 34.8 Å². The Balaban J connectivity index is 1.82. The third kappa shape index (κ3) is 4.43. The van der Waals surface area contributed by atoms with Crippen molar-refractivity contribution in [1.29, 1.82) is 0 Å². The summed E-state index contributed by atoms with van der Waals surface area (Å²) in [5.74, 6) is -0.469. The van der Waals surface area contributed by atoms with E-state index in [2.05, 4.69) is 10.3 Å². The number of hydrogen-bond donors (Lipinski definition) is 1. The molecule has 0 fully saturated rings. The molecule has 0 unspecified atom stereocenters. The Morgan fingerprint density at radius 2 is 1.86 bits per heavy atom. The zero-order valence-corrected chi connectivity index (χ0v) is 16.2. The van der Waals surface area contributed by atoms with Crippen LogP contribution in [-0.2, 0) is 12.7 Å². The summed E-state index contributed by atoms with van der Waals surface area (Å²) in [4.78, 5) is 16.3. The number of pyridine rings is 1. The lowest BCUT2D eigenvalue weighted by Gasteiger charge is -2.13. The lowest BCUT2D eigenvalue weighted by atomic mass is 10.2. The van der Waals surface area contributed by atoms with Crippen LogP contribution in [0, 0.1) is 0 Å². The van der Waals surface area contributed by atoms with Gasteiger partial charge in [0.05, 0.1) is 10.6 Å². The molecule has 0 aliphatic rings. The van der Waals surface area contributed by atoms with Gasteiger partial charge in [-0.15, -0.1) is 0 Å². The molecule has 28 heavy (non-hydrogen) atoms. The minimum Gasteiger partial charge on any atom is -0.347 e. The van der Waals surface area contributed by atoms with Gasteiger partial charge in [0.1, 0.15) is 5.69 Å².